The van der Waals surface area contributed by atoms with E-state index in [2.05, 4.69) is 15.4 Å². The lowest BCUT2D eigenvalue weighted by Gasteiger charge is -2.11. The molecule has 0 atom stereocenters. The number of hydrogen-bond acceptors (Lipinski definition) is 4. The van der Waals surface area contributed by atoms with E-state index >= 15 is 0 Å². The van der Waals surface area contributed by atoms with Crippen molar-refractivity contribution in [3.8, 4) is 17.3 Å². The van der Waals surface area contributed by atoms with Gasteiger partial charge in [-0.05, 0) is 18.2 Å². The van der Waals surface area contributed by atoms with Crippen LogP contribution in [0.15, 0.2) is 36.7 Å². The topological polar surface area (TPSA) is 83.1 Å². The Kier molecular flexibility index (Phi) is 4.29. The van der Waals surface area contributed by atoms with Crippen molar-refractivity contribution in [2.24, 2.45) is 0 Å². The van der Waals surface area contributed by atoms with Gasteiger partial charge in [0, 0.05) is 17.3 Å². The second-order valence-electron chi connectivity index (χ2n) is 5.31. The molecule has 132 valence electrons. The third kappa shape index (κ3) is 3.61. The number of rotatable bonds is 3. The fraction of sp³-hybridized carbons (Fsp3) is 0.125. The number of nitriles is 1. The van der Waals surface area contributed by atoms with Gasteiger partial charge in [-0.15, -0.1) is 0 Å². The number of nitrogens with zero attached hydrogens (tertiary/aromatic N) is 4. The first-order valence-corrected chi connectivity index (χ1v) is 7.17. The number of pyridine rings is 1. The summed E-state index contributed by atoms with van der Waals surface area (Å²) < 4.78 is 52.2. The third-order valence-electron chi connectivity index (χ3n) is 3.41. The van der Waals surface area contributed by atoms with Crippen LogP contribution < -0.4 is 5.32 Å². The number of halogens is 4. The van der Waals surface area contributed by atoms with Crippen molar-refractivity contribution >= 4 is 17.2 Å². The number of benzene rings is 1. The molecule has 0 aliphatic carbocycles. The minimum Gasteiger partial charge on any atom is -0.326 e. The number of carbonyl (C=O) groups is 1. The van der Waals surface area contributed by atoms with Gasteiger partial charge >= 0.3 is 6.18 Å². The van der Waals surface area contributed by atoms with E-state index in [1.54, 1.807) is 6.07 Å². The maximum absolute atomic E-state index is 13.9. The lowest BCUT2D eigenvalue weighted by atomic mass is 10.1. The highest BCUT2D eigenvalue weighted by Crippen LogP contribution is 2.27. The van der Waals surface area contributed by atoms with Crippen LogP contribution in [-0.4, -0.2) is 26.7 Å². The molecule has 0 aliphatic heterocycles. The van der Waals surface area contributed by atoms with Crippen molar-refractivity contribution in [3.63, 3.8) is 0 Å². The minimum absolute atomic E-state index is 0.0551. The molecular formula is C16H9F4N5O. The van der Waals surface area contributed by atoms with E-state index in [-0.39, 0.29) is 22.6 Å². The highest BCUT2D eigenvalue weighted by Gasteiger charge is 2.31. The number of anilines is 1. The van der Waals surface area contributed by atoms with E-state index < -0.39 is 24.3 Å². The highest BCUT2D eigenvalue weighted by molar-refractivity contribution is 5.92. The molecule has 1 aromatic carbocycles. The van der Waals surface area contributed by atoms with Gasteiger partial charge in [0.15, 0.2) is 5.65 Å². The molecule has 0 spiro atoms. The number of nitrogens with one attached hydrogen (secondary N) is 1. The Bertz CT molecular complexity index is 1040. The molecule has 6 nitrogen and oxygen atoms in total. The zero-order valence-corrected chi connectivity index (χ0v) is 12.9. The smallest absolute Gasteiger partial charge is 0.326 e. The van der Waals surface area contributed by atoms with Crippen LogP contribution in [0.2, 0.25) is 0 Å². The molecule has 0 bridgehead atoms. The molecule has 0 aliphatic rings. The molecule has 3 rings (SSSR count). The molecule has 0 unspecified atom stereocenters. The highest BCUT2D eigenvalue weighted by atomic mass is 19.4. The van der Waals surface area contributed by atoms with Crippen LogP contribution in [-0.2, 0) is 4.79 Å². The van der Waals surface area contributed by atoms with Crippen LogP contribution in [0.4, 0.5) is 23.2 Å². The van der Waals surface area contributed by atoms with Gasteiger partial charge in [-0.1, -0.05) is 6.07 Å². The van der Waals surface area contributed by atoms with Crippen LogP contribution in [0.5, 0.6) is 0 Å². The second-order valence-corrected chi connectivity index (χ2v) is 5.31. The van der Waals surface area contributed by atoms with Crippen LogP contribution in [0.25, 0.3) is 16.9 Å². The van der Waals surface area contributed by atoms with Crippen molar-refractivity contribution in [3.05, 3.63) is 48.0 Å². The predicted octanol–water partition coefficient (Wildman–Crippen LogP) is 3.30. The average molecular weight is 363 g/mol. The SMILES string of the molecule is N#Cc1ccc(-c2cc(NC(=O)CC(F)(F)F)cc3ncnn23)cc1F. The molecule has 3 aromatic rings. The Balaban J connectivity index is 2.03. The number of fused-ring (bicyclic) bond motifs is 1. The van der Waals surface area contributed by atoms with Crippen molar-refractivity contribution in [2.75, 3.05) is 5.32 Å². The van der Waals surface area contributed by atoms with E-state index in [0.29, 0.717) is 5.56 Å². The van der Waals surface area contributed by atoms with Gasteiger partial charge in [0.1, 0.15) is 24.6 Å². The summed E-state index contributed by atoms with van der Waals surface area (Å²) >= 11 is 0. The lowest BCUT2D eigenvalue weighted by molar-refractivity contribution is -0.150. The molecule has 2 aromatic heterocycles. The van der Waals surface area contributed by atoms with Gasteiger partial charge in [0.2, 0.25) is 5.91 Å². The van der Waals surface area contributed by atoms with Crippen LogP contribution in [0.3, 0.4) is 0 Å². The number of alkyl halides is 3. The van der Waals surface area contributed by atoms with Crippen molar-refractivity contribution in [2.45, 2.75) is 12.6 Å². The zero-order valence-electron chi connectivity index (χ0n) is 12.9. The molecule has 0 saturated heterocycles. The van der Waals surface area contributed by atoms with Crippen LogP contribution in [0.1, 0.15) is 12.0 Å². The van der Waals surface area contributed by atoms with Gasteiger partial charge in [0.25, 0.3) is 0 Å². The summed E-state index contributed by atoms with van der Waals surface area (Å²) in [6.07, 6.45) is -5.06. The molecular weight excluding hydrogens is 354 g/mol. The average Bonchev–Trinajstić information content (AvgIpc) is 3.00. The van der Waals surface area contributed by atoms with Crippen LogP contribution in [0, 0.1) is 17.1 Å². The fourth-order valence-electron chi connectivity index (χ4n) is 2.35. The Morgan fingerprint density at radius 1 is 1.27 bits per heavy atom. The first-order chi connectivity index (χ1) is 12.3. The summed E-state index contributed by atoms with van der Waals surface area (Å²) in [5, 5.41) is 14.9. The molecule has 2 heterocycles. The summed E-state index contributed by atoms with van der Waals surface area (Å²) in [6, 6.07) is 8.19. The van der Waals surface area contributed by atoms with Crippen molar-refractivity contribution in [1.82, 2.24) is 14.6 Å². The summed E-state index contributed by atoms with van der Waals surface area (Å²) in [5.41, 5.74) is 0.738. The zero-order chi connectivity index (χ0) is 18.9. The molecule has 10 heteroatoms. The second kappa shape index (κ2) is 6.44. The number of hydrogen-bond donors (Lipinski definition) is 1. The van der Waals surface area contributed by atoms with E-state index in [1.165, 1.54) is 35.1 Å². The maximum atomic E-state index is 13.9. The monoisotopic (exact) mass is 363 g/mol. The Morgan fingerprint density at radius 3 is 2.69 bits per heavy atom. The number of amides is 1. The maximum Gasteiger partial charge on any atom is 0.397 e. The summed E-state index contributed by atoms with van der Waals surface area (Å²) in [6.45, 7) is 0. The van der Waals surface area contributed by atoms with Gasteiger partial charge in [-0.2, -0.15) is 23.5 Å². The Labute approximate surface area is 143 Å². The van der Waals surface area contributed by atoms with Gasteiger partial charge < -0.3 is 5.32 Å². The van der Waals surface area contributed by atoms with Crippen molar-refractivity contribution < 1.29 is 22.4 Å². The number of aromatic nitrogens is 3. The number of carbonyl (C=O) groups excluding carboxylic acids is 1. The normalized spacial score (nSPS) is 11.3. The van der Waals surface area contributed by atoms with E-state index in [9.17, 15) is 22.4 Å². The molecule has 26 heavy (non-hydrogen) atoms. The lowest BCUT2D eigenvalue weighted by Crippen LogP contribution is -2.21. The summed E-state index contributed by atoms with van der Waals surface area (Å²) in [7, 11) is 0. The first-order valence-electron chi connectivity index (χ1n) is 7.17. The fourth-order valence-corrected chi connectivity index (χ4v) is 2.35. The van der Waals surface area contributed by atoms with Crippen molar-refractivity contribution in [1.29, 1.82) is 5.26 Å². The van der Waals surface area contributed by atoms with E-state index in [1.807, 2.05) is 0 Å². The molecule has 1 N–H and O–H groups in total. The van der Waals surface area contributed by atoms with Gasteiger partial charge in [0.05, 0.1) is 11.3 Å². The first kappa shape index (κ1) is 17.3. The summed E-state index contributed by atoms with van der Waals surface area (Å²) in [4.78, 5) is 15.5. The summed E-state index contributed by atoms with van der Waals surface area (Å²) in [5.74, 6) is -2.00. The molecule has 0 radical (unpaired) electrons. The third-order valence-corrected chi connectivity index (χ3v) is 3.41. The van der Waals surface area contributed by atoms with Gasteiger partial charge in [-0.25, -0.2) is 13.9 Å². The van der Waals surface area contributed by atoms with Crippen LogP contribution >= 0.6 is 0 Å². The quantitative estimate of drug-likeness (QED) is 0.724. The van der Waals surface area contributed by atoms with E-state index in [0.717, 1.165) is 6.07 Å². The predicted molar refractivity (Wildman–Crippen MR) is 82.4 cm³/mol. The van der Waals surface area contributed by atoms with E-state index in [4.69, 9.17) is 5.26 Å². The van der Waals surface area contributed by atoms with Gasteiger partial charge in [-0.3, -0.25) is 4.79 Å². The standard InChI is InChI=1S/C16H9F4N5O/c17-12-3-9(1-2-10(12)7-21)13-4-11(5-14-22-8-23-25(13)14)24-15(26)6-16(18,19)20/h1-5,8H,6H2,(H,24,26). The largest absolute Gasteiger partial charge is 0.397 e. The minimum atomic E-state index is -4.64. The molecule has 0 fully saturated rings. The Morgan fingerprint density at radius 2 is 2.04 bits per heavy atom. The molecule has 0 saturated carbocycles. The molecule has 1 amide bonds. The Hall–Kier alpha value is -3.48.